The Labute approximate surface area is 167 Å². The fraction of sp³-hybridized carbons (Fsp3) is 0.350. The molecule has 2 aromatic rings. The summed E-state index contributed by atoms with van der Waals surface area (Å²) in [7, 11) is 0. The number of nitrogens with one attached hydrogen (secondary N) is 1. The molecule has 4 rings (SSSR count). The number of aromatic nitrogens is 2. The van der Waals surface area contributed by atoms with Gasteiger partial charge in [0.15, 0.2) is 0 Å². The van der Waals surface area contributed by atoms with Crippen molar-refractivity contribution in [1.29, 1.82) is 0 Å². The minimum Gasteiger partial charge on any atom is -0.442 e. The van der Waals surface area contributed by atoms with Crippen molar-refractivity contribution in [3.63, 3.8) is 0 Å². The zero-order valence-corrected chi connectivity index (χ0v) is 15.9. The molecule has 1 fully saturated rings. The summed E-state index contributed by atoms with van der Waals surface area (Å²) in [5, 5.41) is 7.04. The van der Waals surface area contributed by atoms with E-state index in [0.29, 0.717) is 31.0 Å². The Kier molecular flexibility index (Phi) is 4.84. The summed E-state index contributed by atoms with van der Waals surface area (Å²) in [6.45, 7) is 3.30. The molecule has 1 saturated heterocycles. The maximum atomic E-state index is 14.8. The quantitative estimate of drug-likeness (QED) is 0.776. The van der Waals surface area contributed by atoms with Crippen LogP contribution in [0.3, 0.4) is 0 Å². The van der Waals surface area contributed by atoms with Crippen molar-refractivity contribution in [3.05, 3.63) is 41.5 Å². The Morgan fingerprint density at radius 3 is 2.97 bits per heavy atom. The van der Waals surface area contributed by atoms with Crippen LogP contribution in [0.4, 0.5) is 20.6 Å². The minimum atomic E-state index is -0.559. The van der Waals surface area contributed by atoms with E-state index >= 15 is 0 Å². The number of benzene rings is 1. The number of halogens is 1. The van der Waals surface area contributed by atoms with E-state index in [0.717, 1.165) is 11.3 Å². The smallest absolute Gasteiger partial charge is 0.414 e. The first-order valence-corrected chi connectivity index (χ1v) is 9.20. The Hall–Kier alpha value is -3.54. The van der Waals surface area contributed by atoms with E-state index in [2.05, 4.69) is 16.3 Å². The first-order chi connectivity index (χ1) is 13.9. The fourth-order valence-corrected chi connectivity index (χ4v) is 3.57. The largest absolute Gasteiger partial charge is 0.442 e. The number of anilines is 2. The SMILES string of the molecule is C#CCn1cc2c(n1)CN(c1ccc(N3C[C@H](CNC(C)=O)OC3=O)cc1F)C2. The lowest BCUT2D eigenvalue weighted by Gasteiger charge is -2.20. The second-order valence-corrected chi connectivity index (χ2v) is 7.05. The molecule has 1 aromatic carbocycles. The molecule has 2 aliphatic heterocycles. The van der Waals surface area contributed by atoms with Crippen LogP contribution in [-0.2, 0) is 29.2 Å². The highest BCUT2D eigenvalue weighted by atomic mass is 19.1. The predicted octanol–water partition coefficient (Wildman–Crippen LogP) is 1.64. The van der Waals surface area contributed by atoms with E-state index in [9.17, 15) is 14.0 Å². The third-order valence-corrected chi connectivity index (χ3v) is 4.92. The average molecular weight is 397 g/mol. The van der Waals surface area contributed by atoms with E-state index in [4.69, 9.17) is 11.2 Å². The number of ether oxygens (including phenoxy) is 1. The first-order valence-electron chi connectivity index (χ1n) is 9.20. The molecule has 3 heterocycles. The van der Waals surface area contributed by atoms with Gasteiger partial charge in [0.05, 0.1) is 36.7 Å². The van der Waals surface area contributed by atoms with Gasteiger partial charge in [-0.1, -0.05) is 5.92 Å². The number of cyclic esters (lactones) is 1. The van der Waals surface area contributed by atoms with Gasteiger partial charge < -0.3 is 15.0 Å². The van der Waals surface area contributed by atoms with E-state index < -0.39 is 18.0 Å². The standard InChI is InChI=1S/C20H20FN5O3/c1-3-6-25-10-14-9-24(12-18(14)23-25)19-5-4-15(7-17(19)21)26-11-16(29-20(26)28)8-22-13(2)27/h1,4-5,7,10,16H,6,8-9,11-12H2,2H3,(H,22,27)/t16-/m0/s1. The molecule has 0 radical (unpaired) electrons. The topological polar surface area (TPSA) is 79.7 Å². The second kappa shape index (κ2) is 7.47. The summed E-state index contributed by atoms with van der Waals surface area (Å²) in [5.74, 6) is 1.91. The number of nitrogens with zero attached hydrogens (tertiary/aromatic N) is 4. The molecule has 1 atom stereocenters. The molecule has 0 aliphatic carbocycles. The highest BCUT2D eigenvalue weighted by Crippen LogP contribution is 2.32. The van der Waals surface area contributed by atoms with E-state index in [1.54, 1.807) is 16.8 Å². The van der Waals surface area contributed by atoms with Crippen LogP contribution < -0.4 is 15.1 Å². The van der Waals surface area contributed by atoms with Crippen molar-refractivity contribution in [2.24, 2.45) is 0 Å². The number of hydrogen-bond acceptors (Lipinski definition) is 5. The number of fused-ring (bicyclic) bond motifs is 1. The van der Waals surface area contributed by atoms with E-state index in [1.165, 1.54) is 17.9 Å². The van der Waals surface area contributed by atoms with Gasteiger partial charge in [-0.3, -0.25) is 14.4 Å². The third-order valence-electron chi connectivity index (χ3n) is 4.92. The molecule has 1 N–H and O–H groups in total. The Morgan fingerprint density at radius 1 is 1.45 bits per heavy atom. The van der Waals surface area contributed by atoms with Crippen LogP contribution in [0.2, 0.25) is 0 Å². The molecule has 0 unspecified atom stereocenters. The molecule has 1 aromatic heterocycles. The molecule has 2 amide bonds. The van der Waals surface area contributed by atoms with E-state index in [1.807, 2.05) is 11.1 Å². The lowest BCUT2D eigenvalue weighted by Crippen LogP contribution is -2.33. The molecule has 9 heteroatoms. The van der Waals surface area contributed by atoms with Gasteiger partial charge in [-0.25, -0.2) is 9.18 Å². The molecular formula is C20H20FN5O3. The van der Waals surface area contributed by atoms with Crippen LogP contribution in [0.15, 0.2) is 24.4 Å². The summed E-state index contributed by atoms with van der Waals surface area (Å²) in [4.78, 5) is 26.4. The normalized spacial score (nSPS) is 17.8. The van der Waals surface area contributed by atoms with Crippen molar-refractivity contribution < 1.29 is 18.7 Å². The van der Waals surface area contributed by atoms with Crippen LogP contribution in [0.5, 0.6) is 0 Å². The van der Waals surface area contributed by atoms with Gasteiger partial charge in [0.2, 0.25) is 5.91 Å². The Morgan fingerprint density at radius 2 is 2.28 bits per heavy atom. The van der Waals surface area contributed by atoms with Crippen LogP contribution in [0.25, 0.3) is 0 Å². The first kappa shape index (κ1) is 18.8. The molecular weight excluding hydrogens is 377 g/mol. The van der Waals surface area contributed by atoms with Crippen molar-refractivity contribution in [2.75, 3.05) is 22.9 Å². The number of terminal acetylenes is 1. The number of rotatable bonds is 5. The van der Waals surface area contributed by atoms with Gasteiger partial charge in [0.1, 0.15) is 18.5 Å². The second-order valence-electron chi connectivity index (χ2n) is 7.05. The van der Waals surface area contributed by atoms with Gasteiger partial charge in [-0.15, -0.1) is 6.42 Å². The lowest BCUT2D eigenvalue weighted by atomic mass is 10.2. The van der Waals surface area contributed by atoms with Gasteiger partial charge >= 0.3 is 6.09 Å². The van der Waals surface area contributed by atoms with Crippen LogP contribution in [0.1, 0.15) is 18.2 Å². The highest BCUT2D eigenvalue weighted by molar-refractivity contribution is 5.90. The molecule has 2 aliphatic rings. The van der Waals surface area contributed by atoms with E-state index in [-0.39, 0.29) is 19.0 Å². The maximum Gasteiger partial charge on any atom is 0.414 e. The van der Waals surface area contributed by atoms with Crippen molar-refractivity contribution in [3.8, 4) is 12.3 Å². The fourth-order valence-electron chi connectivity index (χ4n) is 3.57. The molecule has 0 bridgehead atoms. The maximum absolute atomic E-state index is 14.8. The van der Waals surface area contributed by atoms with Gasteiger partial charge in [0.25, 0.3) is 0 Å². The molecule has 8 nitrogen and oxygen atoms in total. The van der Waals surface area contributed by atoms with Crippen molar-refractivity contribution >= 4 is 23.4 Å². The Bertz CT molecular complexity index is 989. The summed E-state index contributed by atoms with van der Waals surface area (Å²) in [5.41, 5.74) is 2.76. The summed E-state index contributed by atoms with van der Waals surface area (Å²) in [6.07, 6.45) is 6.16. The Balaban J connectivity index is 1.45. The van der Waals surface area contributed by atoms with Gasteiger partial charge in [-0.2, -0.15) is 5.10 Å². The van der Waals surface area contributed by atoms with Crippen LogP contribution in [0, 0.1) is 18.2 Å². The average Bonchev–Trinajstić information content (AvgIpc) is 3.33. The summed E-state index contributed by atoms with van der Waals surface area (Å²) >= 11 is 0. The third kappa shape index (κ3) is 3.74. The molecule has 0 spiro atoms. The van der Waals surface area contributed by atoms with Crippen molar-refractivity contribution in [2.45, 2.75) is 32.7 Å². The molecule has 150 valence electrons. The zero-order chi connectivity index (χ0) is 20.5. The van der Waals surface area contributed by atoms with Crippen molar-refractivity contribution in [1.82, 2.24) is 15.1 Å². The predicted molar refractivity (Wildman–Crippen MR) is 104 cm³/mol. The van der Waals surface area contributed by atoms with Gasteiger partial charge in [-0.05, 0) is 18.2 Å². The number of carbonyl (C=O) groups excluding carboxylic acids is 2. The lowest BCUT2D eigenvalue weighted by molar-refractivity contribution is -0.119. The number of carbonyl (C=O) groups is 2. The minimum absolute atomic E-state index is 0.201. The van der Waals surface area contributed by atoms with Gasteiger partial charge in [0, 0.05) is 25.2 Å². The summed E-state index contributed by atoms with van der Waals surface area (Å²) in [6, 6.07) is 4.67. The molecule has 29 heavy (non-hydrogen) atoms. The number of amides is 2. The monoisotopic (exact) mass is 397 g/mol. The highest BCUT2D eigenvalue weighted by Gasteiger charge is 2.33. The number of hydrogen-bond donors (Lipinski definition) is 1. The van der Waals surface area contributed by atoms with Crippen LogP contribution in [-0.4, -0.2) is 41.0 Å². The zero-order valence-electron chi connectivity index (χ0n) is 15.9. The van der Waals surface area contributed by atoms with Crippen LogP contribution >= 0.6 is 0 Å². The molecule has 0 saturated carbocycles. The summed E-state index contributed by atoms with van der Waals surface area (Å²) < 4.78 is 21.8.